The lowest BCUT2D eigenvalue weighted by Crippen LogP contribution is -2.38. The smallest absolute Gasteiger partial charge is 0.266 e. The number of nitrogens with zero attached hydrogens (tertiary/aromatic N) is 3. The lowest BCUT2D eigenvalue weighted by Gasteiger charge is -2.31. The molecule has 6 heteroatoms. The molecule has 0 saturated carbocycles. The van der Waals surface area contributed by atoms with Crippen LogP contribution in [0.5, 0.6) is 0 Å². The van der Waals surface area contributed by atoms with Gasteiger partial charge < -0.3 is 4.90 Å². The van der Waals surface area contributed by atoms with E-state index in [0.717, 1.165) is 49.8 Å². The van der Waals surface area contributed by atoms with Gasteiger partial charge in [0.2, 0.25) is 5.91 Å². The molecule has 1 heterocycles. The van der Waals surface area contributed by atoms with Crippen LogP contribution in [0.3, 0.4) is 0 Å². The van der Waals surface area contributed by atoms with Crippen molar-refractivity contribution in [3.8, 4) is 5.69 Å². The molecule has 0 aliphatic carbocycles. The molecule has 0 bridgehead atoms. The van der Waals surface area contributed by atoms with E-state index < -0.39 is 0 Å². The molecule has 0 radical (unpaired) electrons. The summed E-state index contributed by atoms with van der Waals surface area (Å²) in [7, 11) is 0. The molecule has 0 aliphatic rings. The molecule has 5 nitrogen and oxygen atoms in total. The van der Waals surface area contributed by atoms with Gasteiger partial charge in [-0.1, -0.05) is 68.8 Å². The van der Waals surface area contributed by atoms with Crippen molar-refractivity contribution >= 4 is 28.4 Å². The van der Waals surface area contributed by atoms with Crippen LogP contribution in [0.15, 0.2) is 47.3 Å². The second kappa shape index (κ2) is 12.2. The molecule has 1 unspecified atom stereocenters. The highest BCUT2D eigenvalue weighted by molar-refractivity contribution is 6.31. The Bertz CT molecular complexity index is 1170. The first kappa shape index (κ1) is 26.0. The van der Waals surface area contributed by atoms with Gasteiger partial charge in [0.1, 0.15) is 5.82 Å². The van der Waals surface area contributed by atoms with Gasteiger partial charge in [-0.25, -0.2) is 4.98 Å². The maximum atomic E-state index is 13.7. The number of amides is 1. The van der Waals surface area contributed by atoms with E-state index in [1.165, 1.54) is 0 Å². The Hall–Kier alpha value is -2.66. The zero-order chi connectivity index (χ0) is 24.7. The highest BCUT2D eigenvalue weighted by Gasteiger charge is 2.26. The number of hydrogen-bond acceptors (Lipinski definition) is 3. The molecule has 2 aromatic carbocycles. The van der Waals surface area contributed by atoms with Crippen LogP contribution in [0.1, 0.15) is 83.1 Å². The van der Waals surface area contributed by atoms with Gasteiger partial charge in [0.25, 0.3) is 5.56 Å². The fourth-order valence-corrected chi connectivity index (χ4v) is 4.44. The molecular formula is C28H36ClN3O2. The predicted octanol–water partition coefficient (Wildman–Crippen LogP) is 7.01. The number of fused-ring (bicyclic) bond motifs is 1. The summed E-state index contributed by atoms with van der Waals surface area (Å²) in [6, 6.07) is 12.6. The monoisotopic (exact) mass is 481 g/mol. The van der Waals surface area contributed by atoms with Gasteiger partial charge >= 0.3 is 0 Å². The summed E-state index contributed by atoms with van der Waals surface area (Å²) in [5, 5.41) is 1.04. The van der Waals surface area contributed by atoms with Crippen molar-refractivity contribution in [2.75, 3.05) is 6.54 Å². The summed E-state index contributed by atoms with van der Waals surface area (Å²) in [6.07, 6.45) is 6.54. The molecule has 0 saturated heterocycles. The number of aryl methyl sites for hydroxylation is 1. The Balaban J connectivity index is 2.14. The third-order valence-corrected chi connectivity index (χ3v) is 6.54. The van der Waals surface area contributed by atoms with Crippen LogP contribution in [-0.2, 0) is 4.79 Å². The van der Waals surface area contributed by atoms with E-state index >= 15 is 0 Å². The molecule has 0 N–H and O–H groups in total. The molecule has 34 heavy (non-hydrogen) atoms. The van der Waals surface area contributed by atoms with Crippen LogP contribution in [0.25, 0.3) is 16.6 Å². The summed E-state index contributed by atoms with van der Waals surface area (Å²) in [5.74, 6) is 0.678. The molecule has 1 aromatic heterocycles. The number of carbonyl (C=O) groups excluding carboxylic acids is 1. The standard InChI is InChI=1S/C28H36ClN3O2/c1-5-7-9-11-26(33)31(18-10-8-6-2)21(4)27-30-25-19-22(29)14-17-24(25)28(34)32(27)23-15-12-20(3)13-16-23/h12-17,19,21H,5-11,18H2,1-4H3. The Morgan fingerprint density at radius 1 is 1.03 bits per heavy atom. The van der Waals surface area contributed by atoms with Crippen molar-refractivity contribution in [3.63, 3.8) is 0 Å². The molecule has 0 spiro atoms. The molecule has 1 atom stereocenters. The highest BCUT2D eigenvalue weighted by atomic mass is 35.5. The van der Waals surface area contributed by atoms with Gasteiger partial charge in [0.05, 0.1) is 22.6 Å². The minimum Gasteiger partial charge on any atom is -0.333 e. The largest absolute Gasteiger partial charge is 0.333 e. The average Bonchev–Trinajstić information content (AvgIpc) is 2.82. The minimum atomic E-state index is -0.358. The number of aromatic nitrogens is 2. The van der Waals surface area contributed by atoms with E-state index in [-0.39, 0.29) is 17.5 Å². The van der Waals surface area contributed by atoms with Gasteiger partial charge in [-0.2, -0.15) is 0 Å². The van der Waals surface area contributed by atoms with Crippen molar-refractivity contribution in [1.82, 2.24) is 14.5 Å². The zero-order valence-electron chi connectivity index (χ0n) is 20.8. The SMILES string of the molecule is CCCCCC(=O)N(CCCCC)C(C)c1nc2cc(Cl)ccc2c(=O)n1-c1ccc(C)cc1. The van der Waals surface area contributed by atoms with E-state index in [9.17, 15) is 9.59 Å². The van der Waals surface area contributed by atoms with E-state index in [4.69, 9.17) is 16.6 Å². The van der Waals surface area contributed by atoms with Crippen molar-refractivity contribution in [3.05, 3.63) is 69.2 Å². The molecule has 0 aliphatic heterocycles. The molecular weight excluding hydrogens is 446 g/mol. The maximum absolute atomic E-state index is 13.7. The maximum Gasteiger partial charge on any atom is 0.266 e. The molecule has 182 valence electrons. The second-order valence-corrected chi connectivity index (χ2v) is 9.47. The lowest BCUT2D eigenvalue weighted by molar-refractivity contribution is -0.133. The van der Waals surface area contributed by atoms with Crippen LogP contribution in [-0.4, -0.2) is 26.9 Å². The van der Waals surface area contributed by atoms with Gasteiger partial charge in [-0.3, -0.25) is 14.2 Å². The molecule has 3 aromatic rings. The van der Waals surface area contributed by atoms with Gasteiger partial charge in [0, 0.05) is 18.0 Å². The minimum absolute atomic E-state index is 0.118. The van der Waals surface area contributed by atoms with Gasteiger partial charge in [0.15, 0.2) is 0 Å². The van der Waals surface area contributed by atoms with Crippen molar-refractivity contribution in [2.45, 2.75) is 78.7 Å². The summed E-state index contributed by atoms with van der Waals surface area (Å²) in [4.78, 5) is 33.8. The third-order valence-electron chi connectivity index (χ3n) is 6.31. The molecule has 3 rings (SSSR count). The topological polar surface area (TPSA) is 55.2 Å². The van der Waals surface area contributed by atoms with Crippen molar-refractivity contribution in [2.24, 2.45) is 0 Å². The first-order chi connectivity index (χ1) is 16.4. The zero-order valence-corrected chi connectivity index (χ0v) is 21.6. The second-order valence-electron chi connectivity index (χ2n) is 9.03. The van der Waals surface area contributed by atoms with E-state index in [1.807, 2.05) is 43.0 Å². The lowest BCUT2D eigenvalue weighted by atomic mass is 10.1. The Labute approximate surface area is 207 Å². The fourth-order valence-electron chi connectivity index (χ4n) is 4.28. The third kappa shape index (κ3) is 6.06. The van der Waals surface area contributed by atoms with Crippen LogP contribution in [0, 0.1) is 6.92 Å². The summed E-state index contributed by atoms with van der Waals surface area (Å²) in [6.45, 7) is 8.93. The number of halogens is 1. The quantitative estimate of drug-likeness (QED) is 0.277. The number of hydrogen-bond donors (Lipinski definition) is 0. The van der Waals surface area contributed by atoms with Crippen LogP contribution < -0.4 is 5.56 Å². The fraction of sp³-hybridized carbons (Fsp3) is 0.464. The normalized spacial score (nSPS) is 12.1. The number of unbranched alkanes of at least 4 members (excludes halogenated alkanes) is 4. The first-order valence-corrected chi connectivity index (χ1v) is 12.8. The van der Waals surface area contributed by atoms with E-state index in [2.05, 4.69) is 13.8 Å². The first-order valence-electron chi connectivity index (χ1n) is 12.5. The number of benzene rings is 2. The van der Waals surface area contributed by atoms with Crippen LogP contribution in [0.2, 0.25) is 5.02 Å². The Morgan fingerprint density at radius 3 is 2.38 bits per heavy atom. The highest BCUT2D eigenvalue weighted by Crippen LogP contribution is 2.26. The van der Waals surface area contributed by atoms with Crippen LogP contribution >= 0.6 is 11.6 Å². The predicted molar refractivity (Wildman–Crippen MR) is 141 cm³/mol. The summed E-state index contributed by atoms with van der Waals surface area (Å²) in [5.41, 5.74) is 2.25. The average molecular weight is 482 g/mol. The van der Waals surface area contributed by atoms with Crippen molar-refractivity contribution < 1.29 is 4.79 Å². The molecule has 0 fully saturated rings. The van der Waals surface area contributed by atoms with Gasteiger partial charge in [-0.05, 0) is 57.0 Å². The Morgan fingerprint density at radius 2 is 1.71 bits per heavy atom. The Kier molecular flexibility index (Phi) is 9.28. The van der Waals surface area contributed by atoms with E-state index in [1.54, 1.807) is 22.8 Å². The van der Waals surface area contributed by atoms with Crippen LogP contribution in [0.4, 0.5) is 0 Å². The number of rotatable bonds is 11. The summed E-state index contributed by atoms with van der Waals surface area (Å²) >= 11 is 6.23. The van der Waals surface area contributed by atoms with E-state index in [0.29, 0.717) is 34.7 Å². The van der Waals surface area contributed by atoms with Crippen molar-refractivity contribution in [1.29, 1.82) is 0 Å². The molecule has 1 amide bonds. The van der Waals surface area contributed by atoms with Gasteiger partial charge in [-0.15, -0.1) is 0 Å². The number of carbonyl (C=O) groups is 1. The summed E-state index contributed by atoms with van der Waals surface area (Å²) < 4.78 is 1.66.